The number of rotatable bonds is 4. The highest BCUT2D eigenvalue weighted by Crippen LogP contribution is 2.33. The maximum Gasteiger partial charge on any atom is 0.416 e. The van der Waals surface area contributed by atoms with Gasteiger partial charge in [-0.2, -0.15) is 13.2 Å². The quantitative estimate of drug-likeness (QED) is 0.633. The molecule has 1 fully saturated rings. The molecule has 11 heteroatoms. The molecule has 0 spiro atoms. The van der Waals surface area contributed by atoms with Crippen LogP contribution in [-0.2, 0) is 20.4 Å². The number of amides is 2. The lowest BCUT2D eigenvalue weighted by atomic mass is 9.94. The molecule has 2 aromatic rings. The zero-order chi connectivity index (χ0) is 26.0. The number of hydrogen-bond acceptors (Lipinski definition) is 6. The number of anilines is 1. The van der Waals surface area contributed by atoms with Gasteiger partial charge in [-0.25, -0.2) is 0 Å². The molecule has 0 radical (unpaired) electrons. The first-order valence-corrected chi connectivity index (χ1v) is 11.3. The van der Waals surface area contributed by atoms with Crippen molar-refractivity contribution in [3.63, 3.8) is 0 Å². The molecule has 8 nitrogen and oxygen atoms in total. The molecule has 0 bridgehead atoms. The molecular formula is C25H25F3N2O6. The highest BCUT2D eigenvalue weighted by Gasteiger charge is 2.39. The second-order valence-corrected chi connectivity index (χ2v) is 8.69. The van der Waals surface area contributed by atoms with Gasteiger partial charge in [-0.1, -0.05) is 0 Å². The largest absolute Gasteiger partial charge is 0.490 e. The predicted octanol–water partition coefficient (Wildman–Crippen LogP) is 3.90. The maximum absolute atomic E-state index is 13.3. The number of carbonyl (C=O) groups excluding carboxylic acids is 3. The van der Waals surface area contributed by atoms with Gasteiger partial charge in [0.1, 0.15) is 18.5 Å². The molecule has 0 aliphatic carbocycles. The molecule has 0 aromatic heterocycles. The van der Waals surface area contributed by atoms with Crippen LogP contribution in [0.3, 0.4) is 0 Å². The van der Waals surface area contributed by atoms with Crippen molar-refractivity contribution in [2.75, 3.05) is 26.1 Å². The average molecular weight is 506 g/mol. The molecule has 4 rings (SSSR count). The lowest BCUT2D eigenvalue weighted by Crippen LogP contribution is -2.53. The van der Waals surface area contributed by atoms with Gasteiger partial charge in [0.2, 0.25) is 0 Å². The number of nitrogens with zero attached hydrogens (tertiary/aromatic N) is 1. The first-order valence-electron chi connectivity index (χ1n) is 11.3. The lowest BCUT2D eigenvalue weighted by molar-refractivity contribution is -0.151. The van der Waals surface area contributed by atoms with E-state index in [2.05, 4.69) is 5.32 Å². The first-order chi connectivity index (χ1) is 17.1. The minimum absolute atomic E-state index is 0.0399. The van der Waals surface area contributed by atoms with Gasteiger partial charge in [0.05, 0.1) is 36.8 Å². The number of halogens is 3. The number of carbonyl (C=O) groups is 3. The van der Waals surface area contributed by atoms with E-state index < -0.39 is 23.8 Å². The summed E-state index contributed by atoms with van der Waals surface area (Å²) in [5.41, 5.74) is -0.289. The molecule has 192 valence electrons. The zero-order valence-corrected chi connectivity index (χ0v) is 19.6. The Morgan fingerprint density at radius 2 is 1.86 bits per heavy atom. The molecule has 0 unspecified atom stereocenters. The van der Waals surface area contributed by atoms with E-state index in [-0.39, 0.29) is 48.2 Å². The SMILES string of the molecule is COC(=O)C[C@@H]1CC[C@@H]2[C@@H](COc3ccc(NC(=O)c4ccc(C(F)(F)F)cc4)cc3C(=O)N2C)O1. The van der Waals surface area contributed by atoms with Crippen molar-refractivity contribution in [2.24, 2.45) is 0 Å². The summed E-state index contributed by atoms with van der Waals surface area (Å²) >= 11 is 0. The molecule has 1 N–H and O–H groups in total. The number of hydrogen-bond donors (Lipinski definition) is 1. The standard InChI is InChI=1S/C25H25F3N2O6/c1-30-19-9-8-17(12-22(31)34-2)36-21(19)13-35-20-10-7-16(11-18(20)24(30)33)29-23(32)14-3-5-15(6-4-14)25(26,27)28/h3-7,10-11,17,19,21H,8-9,12-13H2,1-2H3,(H,29,32)/t17-,19+,21+/m0/s1. The van der Waals surface area contributed by atoms with Gasteiger partial charge in [0.25, 0.3) is 11.8 Å². The number of fused-ring (bicyclic) bond motifs is 2. The fourth-order valence-electron chi connectivity index (χ4n) is 4.39. The Balaban J connectivity index is 1.49. The summed E-state index contributed by atoms with van der Waals surface area (Å²) < 4.78 is 54.9. The second-order valence-electron chi connectivity index (χ2n) is 8.69. The van der Waals surface area contributed by atoms with Gasteiger partial charge >= 0.3 is 12.1 Å². The van der Waals surface area contributed by atoms with Crippen molar-refractivity contribution in [1.82, 2.24) is 4.90 Å². The monoisotopic (exact) mass is 506 g/mol. The number of esters is 1. The molecule has 2 aromatic carbocycles. The summed E-state index contributed by atoms with van der Waals surface area (Å²) in [6.45, 7) is 0.157. The van der Waals surface area contributed by atoms with Crippen LogP contribution in [0.1, 0.15) is 45.5 Å². The minimum Gasteiger partial charge on any atom is -0.490 e. The van der Waals surface area contributed by atoms with Crippen LogP contribution in [-0.4, -0.2) is 61.7 Å². The van der Waals surface area contributed by atoms with Crippen LogP contribution in [0.2, 0.25) is 0 Å². The fourth-order valence-corrected chi connectivity index (χ4v) is 4.39. The molecular weight excluding hydrogens is 481 g/mol. The zero-order valence-electron chi connectivity index (χ0n) is 19.6. The number of likely N-dealkylation sites (N-methyl/N-ethyl adjacent to an activating group) is 1. The van der Waals surface area contributed by atoms with Gasteiger partial charge in [0, 0.05) is 18.3 Å². The van der Waals surface area contributed by atoms with E-state index in [4.69, 9.17) is 14.2 Å². The van der Waals surface area contributed by atoms with Gasteiger partial charge in [0.15, 0.2) is 0 Å². The van der Waals surface area contributed by atoms with Crippen LogP contribution < -0.4 is 10.1 Å². The number of alkyl halides is 3. The van der Waals surface area contributed by atoms with Crippen molar-refractivity contribution in [3.8, 4) is 5.75 Å². The predicted molar refractivity (Wildman–Crippen MR) is 122 cm³/mol. The number of benzene rings is 2. The molecule has 3 atom stereocenters. The average Bonchev–Trinajstić information content (AvgIpc) is 2.86. The maximum atomic E-state index is 13.3. The lowest BCUT2D eigenvalue weighted by Gasteiger charge is -2.42. The summed E-state index contributed by atoms with van der Waals surface area (Å²) in [5.74, 6) is -1.02. The Bertz CT molecular complexity index is 1150. The highest BCUT2D eigenvalue weighted by molar-refractivity contribution is 6.05. The summed E-state index contributed by atoms with van der Waals surface area (Å²) in [5, 5.41) is 2.61. The van der Waals surface area contributed by atoms with Crippen LogP contribution in [0.5, 0.6) is 5.75 Å². The van der Waals surface area contributed by atoms with Crippen molar-refractivity contribution in [2.45, 2.75) is 43.7 Å². The summed E-state index contributed by atoms with van der Waals surface area (Å²) in [6, 6.07) is 8.12. The third-order valence-electron chi connectivity index (χ3n) is 6.37. The molecule has 2 aliphatic heterocycles. The first kappa shape index (κ1) is 25.5. The minimum atomic E-state index is -4.50. The highest BCUT2D eigenvalue weighted by atomic mass is 19.4. The van der Waals surface area contributed by atoms with E-state index in [1.54, 1.807) is 18.0 Å². The summed E-state index contributed by atoms with van der Waals surface area (Å²) in [4.78, 5) is 39.0. The van der Waals surface area contributed by atoms with E-state index >= 15 is 0 Å². The Morgan fingerprint density at radius 3 is 2.53 bits per heavy atom. The number of nitrogens with one attached hydrogen (secondary N) is 1. The van der Waals surface area contributed by atoms with Crippen molar-refractivity contribution in [1.29, 1.82) is 0 Å². The van der Waals surface area contributed by atoms with Gasteiger partial charge < -0.3 is 24.4 Å². The van der Waals surface area contributed by atoms with Gasteiger partial charge in [-0.3, -0.25) is 14.4 Å². The van der Waals surface area contributed by atoms with Crippen LogP contribution in [0.25, 0.3) is 0 Å². The number of methoxy groups -OCH3 is 1. The Morgan fingerprint density at radius 1 is 1.14 bits per heavy atom. The molecule has 2 amide bonds. The van der Waals surface area contributed by atoms with Gasteiger partial charge in [-0.15, -0.1) is 0 Å². The van der Waals surface area contributed by atoms with Crippen LogP contribution in [0.4, 0.5) is 18.9 Å². The van der Waals surface area contributed by atoms with Crippen molar-refractivity contribution < 1.29 is 41.8 Å². The van der Waals surface area contributed by atoms with E-state index in [1.165, 1.54) is 19.2 Å². The normalized spacial score (nSPS) is 21.9. The number of ether oxygens (including phenoxy) is 3. The topological polar surface area (TPSA) is 94.2 Å². The van der Waals surface area contributed by atoms with E-state index in [0.717, 1.165) is 24.3 Å². The van der Waals surface area contributed by atoms with E-state index in [1.807, 2.05) is 0 Å². The fraction of sp³-hybridized carbons (Fsp3) is 0.400. The smallest absolute Gasteiger partial charge is 0.416 e. The third kappa shape index (κ3) is 5.46. The molecule has 36 heavy (non-hydrogen) atoms. The van der Waals surface area contributed by atoms with Gasteiger partial charge in [-0.05, 0) is 55.3 Å². The Hall–Kier alpha value is -3.60. The summed E-state index contributed by atoms with van der Waals surface area (Å²) in [7, 11) is 2.98. The summed E-state index contributed by atoms with van der Waals surface area (Å²) in [6.07, 6.45) is -3.96. The van der Waals surface area contributed by atoms with Crippen LogP contribution in [0.15, 0.2) is 42.5 Å². The Labute approximate surface area is 205 Å². The van der Waals surface area contributed by atoms with E-state index in [9.17, 15) is 27.6 Å². The van der Waals surface area contributed by atoms with Crippen LogP contribution in [0, 0.1) is 0 Å². The third-order valence-corrected chi connectivity index (χ3v) is 6.37. The molecule has 1 saturated heterocycles. The van der Waals surface area contributed by atoms with E-state index in [0.29, 0.717) is 24.3 Å². The van der Waals surface area contributed by atoms with Crippen molar-refractivity contribution in [3.05, 3.63) is 59.2 Å². The molecule has 2 heterocycles. The Kier molecular flexibility index (Phi) is 7.21. The van der Waals surface area contributed by atoms with Crippen LogP contribution >= 0.6 is 0 Å². The van der Waals surface area contributed by atoms with Crippen molar-refractivity contribution >= 4 is 23.5 Å². The molecule has 2 aliphatic rings. The molecule has 0 saturated carbocycles. The second kappa shape index (κ2) is 10.2.